The summed E-state index contributed by atoms with van der Waals surface area (Å²) >= 11 is 3.34. The first kappa shape index (κ1) is 13.0. The molecule has 0 aliphatic carbocycles. The summed E-state index contributed by atoms with van der Waals surface area (Å²) in [7, 11) is 0. The summed E-state index contributed by atoms with van der Waals surface area (Å²) in [6.45, 7) is 3.73. The van der Waals surface area contributed by atoms with Crippen molar-refractivity contribution in [3.63, 3.8) is 0 Å². The summed E-state index contributed by atoms with van der Waals surface area (Å²) in [5, 5.41) is 0. The normalized spacial score (nSPS) is 10.4. The van der Waals surface area contributed by atoms with Gasteiger partial charge in [0.15, 0.2) is 5.78 Å². The fraction of sp³-hybridized carbons (Fsp3) is 0.133. The van der Waals surface area contributed by atoms with Crippen molar-refractivity contribution in [2.75, 3.05) is 0 Å². The van der Waals surface area contributed by atoms with Gasteiger partial charge in [-0.25, -0.2) is 4.39 Å². The van der Waals surface area contributed by atoms with Gasteiger partial charge < -0.3 is 0 Å². The Labute approximate surface area is 114 Å². The highest BCUT2D eigenvalue weighted by atomic mass is 79.9. The monoisotopic (exact) mass is 306 g/mol. The maximum atomic E-state index is 13.7. The van der Waals surface area contributed by atoms with Crippen LogP contribution in [0.15, 0.2) is 40.9 Å². The lowest BCUT2D eigenvalue weighted by molar-refractivity contribution is 0.103. The standard InChI is InChI=1S/C15H12BrFO/c1-9-3-4-14(17)13(7-9)15(18)11-5-10(2)6-12(16)8-11/h3-8H,1-2H3. The Hall–Kier alpha value is -1.48. The Morgan fingerprint density at radius 1 is 1.06 bits per heavy atom. The first-order valence-corrected chi connectivity index (χ1v) is 6.35. The summed E-state index contributed by atoms with van der Waals surface area (Å²) in [5.41, 5.74) is 2.44. The van der Waals surface area contributed by atoms with E-state index in [1.165, 1.54) is 6.07 Å². The van der Waals surface area contributed by atoms with E-state index < -0.39 is 5.82 Å². The second kappa shape index (κ2) is 5.02. The zero-order chi connectivity index (χ0) is 13.3. The molecule has 18 heavy (non-hydrogen) atoms. The molecule has 2 rings (SSSR count). The number of hydrogen-bond acceptors (Lipinski definition) is 1. The van der Waals surface area contributed by atoms with Crippen molar-refractivity contribution in [1.82, 2.24) is 0 Å². The zero-order valence-electron chi connectivity index (χ0n) is 10.1. The first-order valence-electron chi connectivity index (χ1n) is 5.55. The van der Waals surface area contributed by atoms with E-state index in [0.29, 0.717) is 5.56 Å². The van der Waals surface area contributed by atoms with Crippen LogP contribution in [-0.4, -0.2) is 5.78 Å². The summed E-state index contributed by atoms with van der Waals surface area (Å²) in [6, 6.07) is 9.93. The highest BCUT2D eigenvalue weighted by Gasteiger charge is 2.14. The number of rotatable bonds is 2. The van der Waals surface area contributed by atoms with Crippen LogP contribution in [0.4, 0.5) is 4.39 Å². The summed E-state index contributed by atoms with van der Waals surface area (Å²) in [4.78, 5) is 12.3. The summed E-state index contributed by atoms with van der Waals surface area (Å²) in [5.74, 6) is -0.774. The van der Waals surface area contributed by atoms with Crippen molar-refractivity contribution in [3.8, 4) is 0 Å². The van der Waals surface area contributed by atoms with Crippen molar-refractivity contribution in [3.05, 3.63) is 68.9 Å². The fourth-order valence-electron chi connectivity index (χ4n) is 1.84. The molecule has 2 aromatic rings. The van der Waals surface area contributed by atoms with E-state index in [2.05, 4.69) is 15.9 Å². The van der Waals surface area contributed by atoms with Gasteiger partial charge in [0.05, 0.1) is 5.56 Å². The molecule has 0 aliphatic heterocycles. The number of hydrogen-bond donors (Lipinski definition) is 0. The van der Waals surface area contributed by atoms with Crippen molar-refractivity contribution < 1.29 is 9.18 Å². The molecule has 3 heteroatoms. The van der Waals surface area contributed by atoms with Crippen LogP contribution in [0.3, 0.4) is 0 Å². The van der Waals surface area contributed by atoms with E-state index in [0.717, 1.165) is 15.6 Å². The van der Waals surface area contributed by atoms with Crippen molar-refractivity contribution in [2.24, 2.45) is 0 Å². The molecular weight excluding hydrogens is 295 g/mol. The largest absolute Gasteiger partial charge is 0.288 e. The van der Waals surface area contributed by atoms with Crippen LogP contribution < -0.4 is 0 Å². The first-order chi connectivity index (χ1) is 8.47. The molecule has 0 heterocycles. The van der Waals surface area contributed by atoms with Gasteiger partial charge in [0, 0.05) is 10.0 Å². The number of aryl methyl sites for hydroxylation is 2. The molecule has 1 nitrogen and oxygen atoms in total. The van der Waals surface area contributed by atoms with E-state index in [1.54, 1.807) is 24.3 Å². The molecule has 0 amide bonds. The van der Waals surface area contributed by atoms with E-state index in [-0.39, 0.29) is 11.3 Å². The molecule has 0 spiro atoms. The van der Waals surface area contributed by atoms with Crippen LogP contribution in [0.2, 0.25) is 0 Å². The minimum atomic E-state index is -0.483. The second-order valence-electron chi connectivity index (χ2n) is 4.33. The summed E-state index contributed by atoms with van der Waals surface area (Å²) < 4.78 is 14.5. The Balaban J connectivity index is 2.51. The smallest absolute Gasteiger partial charge is 0.196 e. The third-order valence-electron chi connectivity index (χ3n) is 2.67. The van der Waals surface area contributed by atoms with Crippen LogP contribution in [0.5, 0.6) is 0 Å². The van der Waals surface area contributed by atoms with E-state index in [1.807, 2.05) is 19.9 Å². The molecule has 0 bridgehead atoms. The Morgan fingerprint density at radius 3 is 2.44 bits per heavy atom. The van der Waals surface area contributed by atoms with Crippen LogP contribution >= 0.6 is 15.9 Å². The molecule has 0 atom stereocenters. The van der Waals surface area contributed by atoms with Crippen LogP contribution in [0.25, 0.3) is 0 Å². The molecule has 0 saturated heterocycles. The average Bonchev–Trinajstić information content (AvgIpc) is 2.30. The number of benzene rings is 2. The predicted octanol–water partition coefficient (Wildman–Crippen LogP) is 4.44. The van der Waals surface area contributed by atoms with Crippen LogP contribution in [-0.2, 0) is 0 Å². The highest BCUT2D eigenvalue weighted by Crippen LogP contribution is 2.20. The number of ketones is 1. The third-order valence-corrected chi connectivity index (χ3v) is 3.13. The number of halogens is 2. The Morgan fingerprint density at radius 2 is 1.78 bits per heavy atom. The quantitative estimate of drug-likeness (QED) is 0.750. The van der Waals surface area contributed by atoms with Gasteiger partial charge in [-0.05, 0) is 49.7 Å². The van der Waals surface area contributed by atoms with E-state index in [4.69, 9.17) is 0 Å². The number of carbonyl (C=O) groups is 1. The predicted molar refractivity (Wildman–Crippen MR) is 73.4 cm³/mol. The minimum absolute atomic E-state index is 0.118. The molecule has 0 aromatic heterocycles. The fourth-order valence-corrected chi connectivity index (χ4v) is 2.44. The van der Waals surface area contributed by atoms with Crippen molar-refractivity contribution in [2.45, 2.75) is 13.8 Å². The van der Waals surface area contributed by atoms with Crippen molar-refractivity contribution in [1.29, 1.82) is 0 Å². The van der Waals surface area contributed by atoms with Gasteiger partial charge in [-0.1, -0.05) is 27.6 Å². The molecule has 0 radical (unpaired) electrons. The van der Waals surface area contributed by atoms with E-state index >= 15 is 0 Å². The second-order valence-corrected chi connectivity index (χ2v) is 5.25. The van der Waals surface area contributed by atoms with Gasteiger partial charge in [-0.15, -0.1) is 0 Å². The zero-order valence-corrected chi connectivity index (χ0v) is 11.7. The summed E-state index contributed by atoms with van der Waals surface area (Å²) in [6.07, 6.45) is 0. The van der Waals surface area contributed by atoms with Gasteiger partial charge in [0.1, 0.15) is 5.82 Å². The topological polar surface area (TPSA) is 17.1 Å². The molecule has 0 aliphatic rings. The highest BCUT2D eigenvalue weighted by molar-refractivity contribution is 9.10. The minimum Gasteiger partial charge on any atom is -0.288 e. The van der Waals surface area contributed by atoms with Gasteiger partial charge in [-0.3, -0.25) is 4.79 Å². The van der Waals surface area contributed by atoms with Gasteiger partial charge >= 0.3 is 0 Å². The number of carbonyl (C=O) groups excluding carboxylic acids is 1. The molecule has 92 valence electrons. The molecule has 0 unspecified atom stereocenters. The molecule has 2 aromatic carbocycles. The molecule has 0 fully saturated rings. The Bertz CT molecular complexity index is 600. The van der Waals surface area contributed by atoms with Crippen molar-refractivity contribution >= 4 is 21.7 Å². The maximum Gasteiger partial charge on any atom is 0.196 e. The van der Waals surface area contributed by atoms with E-state index in [9.17, 15) is 9.18 Å². The molecule has 0 saturated carbocycles. The molecule has 0 N–H and O–H groups in total. The van der Waals surface area contributed by atoms with Gasteiger partial charge in [0.25, 0.3) is 0 Å². The lowest BCUT2D eigenvalue weighted by Gasteiger charge is -2.06. The average molecular weight is 307 g/mol. The third kappa shape index (κ3) is 2.67. The SMILES string of the molecule is Cc1cc(Br)cc(C(=O)c2cc(C)ccc2F)c1. The Kier molecular flexibility index (Phi) is 3.62. The lowest BCUT2D eigenvalue weighted by Crippen LogP contribution is -2.05. The molecular formula is C15H12BrFO. The van der Waals surface area contributed by atoms with Crippen LogP contribution in [0.1, 0.15) is 27.0 Å². The van der Waals surface area contributed by atoms with Gasteiger partial charge in [0.2, 0.25) is 0 Å². The maximum absolute atomic E-state index is 13.7. The van der Waals surface area contributed by atoms with Crippen LogP contribution in [0, 0.1) is 19.7 Å². The lowest BCUT2D eigenvalue weighted by atomic mass is 10.00. The van der Waals surface area contributed by atoms with Gasteiger partial charge in [-0.2, -0.15) is 0 Å².